The summed E-state index contributed by atoms with van der Waals surface area (Å²) in [6.45, 7) is 0. The van der Waals surface area contributed by atoms with Crippen molar-refractivity contribution in [1.29, 1.82) is 0 Å². The number of carbonyl (C=O) groups is 2. The Bertz CT molecular complexity index is 1190. The van der Waals surface area contributed by atoms with Crippen molar-refractivity contribution in [2.45, 2.75) is 48.7 Å². The number of aromatic nitrogens is 3. The third kappa shape index (κ3) is 5.39. The standard InChI is InChI=1S/C23H20BClF3N5O2S/c24-23(15-9-29-12-30-10-15,21(35)32-16-5-7-22(27,28)8-6-16)33(20(34)19(25)26)17-3-1-14(2-4-17)18-11-31-13-36-18/h1-4,9-13,16,19H,5-8H2,(H,32,35)/t19-,23+/m0/s1. The Morgan fingerprint density at radius 3 is 2.33 bits per heavy atom. The van der Waals surface area contributed by atoms with E-state index in [4.69, 9.17) is 19.4 Å². The molecule has 7 nitrogen and oxygen atoms in total. The van der Waals surface area contributed by atoms with E-state index in [0.717, 1.165) is 15.3 Å². The van der Waals surface area contributed by atoms with Gasteiger partial charge in [0.05, 0.1) is 10.4 Å². The monoisotopic (exact) mass is 533 g/mol. The van der Waals surface area contributed by atoms with E-state index in [2.05, 4.69) is 20.3 Å². The summed E-state index contributed by atoms with van der Waals surface area (Å²) in [5.41, 5.74) is -2.39. The normalized spacial score (nSPS) is 18.1. The zero-order valence-electron chi connectivity index (χ0n) is 18.8. The minimum Gasteiger partial charge on any atom is -0.352 e. The van der Waals surface area contributed by atoms with Crippen molar-refractivity contribution in [2.24, 2.45) is 0 Å². The second-order valence-electron chi connectivity index (χ2n) is 8.38. The van der Waals surface area contributed by atoms with Gasteiger partial charge in [0.2, 0.25) is 11.8 Å². The predicted octanol–water partition coefficient (Wildman–Crippen LogP) is 4.18. The molecule has 2 amide bonds. The Morgan fingerprint density at radius 2 is 1.78 bits per heavy atom. The fraction of sp³-hybridized carbons (Fsp3) is 0.348. The number of halogens is 4. The number of amides is 2. The minimum atomic E-state index is -2.81. The van der Waals surface area contributed by atoms with Gasteiger partial charge in [-0.15, -0.1) is 11.3 Å². The third-order valence-corrected chi connectivity index (χ3v) is 7.01. The van der Waals surface area contributed by atoms with E-state index in [1.807, 2.05) is 0 Å². The highest BCUT2D eigenvalue weighted by Crippen LogP contribution is 2.36. The quantitative estimate of drug-likeness (QED) is 0.364. The zero-order valence-corrected chi connectivity index (χ0v) is 20.4. The molecular formula is C23H20BClF3N5O2S. The molecule has 1 aromatic carbocycles. The van der Waals surface area contributed by atoms with Gasteiger partial charge in [0.25, 0.3) is 11.5 Å². The van der Waals surface area contributed by atoms with Crippen LogP contribution in [-0.2, 0) is 15.0 Å². The highest BCUT2D eigenvalue weighted by Gasteiger charge is 2.47. The number of rotatable bonds is 7. The molecule has 2 atom stereocenters. The largest absolute Gasteiger partial charge is 0.352 e. The van der Waals surface area contributed by atoms with Crippen LogP contribution in [0.4, 0.5) is 18.9 Å². The van der Waals surface area contributed by atoms with Crippen molar-refractivity contribution < 1.29 is 22.8 Å². The van der Waals surface area contributed by atoms with E-state index in [1.165, 1.54) is 42.2 Å². The van der Waals surface area contributed by atoms with Gasteiger partial charge in [-0.3, -0.25) is 19.5 Å². The summed E-state index contributed by atoms with van der Waals surface area (Å²) in [6.07, 6.45) is 4.51. The van der Waals surface area contributed by atoms with Crippen molar-refractivity contribution in [2.75, 3.05) is 4.90 Å². The lowest BCUT2D eigenvalue weighted by atomic mass is 9.69. The van der Waals surface area contributed by atoms with Gasteiger partial charge in [-0.25, -0.2) is 23.1 Å². The summed E-state index contributed by atoms with van der Waals surface area (Å²) in [5, 5.41) is 2.65. The second-order valence-corrected chi connectivity index (χ2v) is 9.65. The Morgan fingerprint density at radius 1 is 1.14 bits per heavy atom. The van der Waals surface area contributed by atoms with E-state index >= 15 is 0 Å². The van der Waals surface area contributed by atoms with Crippen LogP contribution in [0.1, 0.15) is 31.2 Å². The minimum absolute atomic E-state index is 0.0127. The topological polar surface area (TPSA) is 88.1 Å². The number of carbonyl (C=O) groups excluding carboxylic acids is 2. The summed E-state index contributed by atoms with van der Waals surface area (Å²) in [5.74, 6) is -5.01. The van der Waals surface area contributed by atoms with Gasteiger partial charge < -0.3 is 5.32 Å². The lowest BCUT2D eigenvalue weighted by molar-refractivity contribution is -0.130. The second kappa shape index (κ2) is 10.6. The van der Waals surface area contributed by atoms with Crippen LogP contribution < -0.4 is 10.2 Å². The maximum Gasteiger partial charge on any atom is 0.277 e. The predicted molar refractivity (Wildman–Crippen MR) is 131 cm³/mol. The number of alkyl halides is 4. The maximum absolute atomic E-state index is 14.3. The van der Waals surface area contributed by atoms with Crippen molar-refractivity contribution >= 4 is 48.3 Å². The molecule has 1 N–H and O–H groups in total. The van der Waals surface area contributed by atoms with Gasteiger partial charge >= 0.3 is 0 Å². The Labute approximate surface area is 215 Å². The number of nitrogens with one attached hydrogen (secondary N) is 1. The van der Waals surface area contributed by atoms with Gasteiger partial charge in [0.1, 0.15) is 19.6 Å². The molecule has 0 unspecified atom stereocenters. The average Bonchev–Trinajstić information content (AvgIpc) is 3.41. The van der Waals surface area contributed by atoms with Crippen molar-refractivity contribution in [3.63, 3.8) is 0 Å². The molecule has 2 heterocycles. The molecule has 0 spiro atoms. The highest BCUT2D eigenvalue weighted by atomic mass is 35.5. The van der Waals surface area contributed by atoms with Crippen molar-refractivity contribution in [1.82, 2.24) is 20.3 Å². The van der Waals surface area contributed by atoms with Crippen LogP contribution in [0.25, 0.3) is 10.4 Å². The summed E-state index contributed by atoms with van der Waals surface area (Å²) in [4.78, 5) is 40.1. The molecule has 1 fully saturated rings. The van der Waals surface area contributed by atoms with Gasteiger partial charge in [0, 0.05) is 48.7 Å². The molecule has 2 radical (unpaired) electrons. The van der Waals surface area contributed by atoms with Gasteiger partial charge in [-0.1, -0.05) is 23.7 Å². The maximum atomic E-state index is 14.3. The Kier molecular flexibility index (Phi) is 7.65. The first-order valence-electron chi connectivity index (χ1n) is 11.0. The molecule has 3 aromatic rings. The number of anilines is 1. The van der Waals surface area contributed by atoms with Gasteiger partial charge in [-0.2, -0.15) is 0 Å². The van der Waals surface area contributed by atoms with Crippen LogP contribution in [0.15, 0.2) is 54.7 Å². The summed E-state index contributed by atoms with van der Waals surface area (Å²) in [6, 6.07) is 5.69. The highest BCUT2D eigenvalue weighted by molar-refractivity contribution is 7.13. The molecule has 1 aliphatic rings. The molecule has 0 aliphatic heterocycles. The van der Waals surface area contributed by atoms with Crippen LogP contribution in [0.5, 0.6) is 0 Å². The number of thiazole rings is 1. The fourth-order valence-electron chi connectivity index (χ4n) is 4.07. The van der Waals surface area contributed by atoms with E-state index in [-0.39, 0.29) is 24.1 Å². The third-order valence-electron chi connectivity index (χ3n) is 6.00. The van der Waals surface area contributed by atoms with E-state index in [1.54, 1.807) is 23.8 Å². The number of hydrogen-bond acceptors (Lipinski definition) is 6. The Hall–Kier alpha value is -2.99. The number of benzene rings is 1. The van der Waals surface area contributed by atoms with Crippen LogP contribution in [0.3, 0.4) is 0 Å². The van der Waals surface area contributed by atoms with Crippen LogP contribution in [-0.4, -0.2) is 52.2 Å². The fourth-order valence-corrected chi connectivity index (χ4v) is 4.80. The molecule has 186 valence electrons. The van der Waals surface area contributed by atoms with E-state index in [0.29, 0.717) is 0 Å². The molecular weight excluding hydrogens is 514 g/mol. The summed E-state index contributed by atoms with van der Waals surface area (Å²) < 4.78 is 41.5. The average molecular weight is 534 g/mol. The Balaban J connectivity index is 1.75. The van der Waals surface area contributed by atoms with Crippen molar-refractivity contribution in [3.8, 4) is 10.4 Å². The molecule has 36 heavy (non-hydrogen) atoms. The molecule has 4 rings (SSSR count). The smallest absolute Gasteiger partial charge is 0.277 e. The number of hydrogen-bond donors (Lipinski definition) is 1. The molecule has 0 saturated heterocycles. The first-order chi connectivity index (χ1) is 17.1. The number of nitrogens with zero attached hydrogens (tertiary/aromatic N) is 4. The SMILES string of the molecule is [B][C@](C(=O)NC1CCC(F)(F)CC1)(c1cncnc1)N(C(=O)[C@H](F)Cl)c1ccc(-c2cncs2)cc1. The lowest BCUT2D eigenvalue weighted by Gasteiger charge is -2.42. The molecule has 0 bridgehead atoms. The van der Waals surface area contributed by atoms with E-state index in [9.17, 15) is 22.8 Å². The molecule has 13 heteroatoms. The summed E-state index contributed by atoms with van der Waals surface area (Å²) >= 11 is 6.94. The van der Waals surface area contributed by atoms with Gasteiger partial charge in [0.15, 0.2) is 0 Å². The molecule has 1 aliphatic carbocycles. The zero-order chi connectivity index (χ0) is 25.9. The first kappa shape index (κ1) is 26.1. The van der Waals surface area contributed by atoms with Crippen LogP contribution >= 0.6 is 22.9 Å². The van der Waals surface area contributed by atoms with Crippen LogP contribution in [0.2, 0.25) is 0 Å². The molecule has 2 aromatic heterocycles. The van der Waals surface area contributed by atoms with Gasteiger partial charge in [-0.05, 0) is 30.5 Å². The van der Waals surface area contributed by atoms with Crippen molar-refractivity contribution in [3.05, 3.63) is 60.3 Å². The lowest BCUT2D eigenvalue weighted by Crippen LogP contribution is -2.62. The van der Waals surface area contributed by atoms with E-state index < -0.39 is 47.7 Å². The first-order valence-corrected chi connectivity index (χ1v) is 12.3. The van der Waals surface area contributed by atoms with Crippen LogP contribution in [0, 0.1) is 0 Å². The summed E-state index contributed by atoms with van der Waals surface area (Å²) in [7, 11) is 6.61. The molecule has 1 saturated carbocycles.